The second kappa shape index (κ2) is 6.81. The summed E-state index contributed by atoms with van der Waals surface area (Å²) in [6, 6.07) is 25.2. The normalized spacial score (nSPS) is 16.0. The molecule has 1 heterocycles. The van der Waals surface area contributed by atoms with Crippen molar-refractivity contribution in [3.63, 3.8) is 0 Å². The lowest BCUT2D eigenvalue weighted by atomic mass is 9.95. The zero-order valence-electron chi connectivity index (χ0n) is 13.7. The first-order valence-electron chi connectivity index (χ1n) is 8.34. The summed E-state index contributed by atoms with van der Waals surface area (Å²) in [5.41, 5.74) is 2.79. The maximum atomic E-state index is 12.6. The average molecular weight is 330 g/mol. The number of rotatable bonds is 4. The number of ether oxygens (including phenoxy) is 2. The van der Waals surface area contributed by atoms with Crippen molar-refractivity contribution < 1.29 is 14.3 Å². The van der Waals surface area contributed by atoms with Gasteiger partial charge in [-0.2, -0.15) is 0 Å². The molecule has 1 unspecified atom stereocenters. The fourth-order valence-electron chi connectivity index (χ4n) is 3.04. The molecule has 0 radical (unpaired) electrons. The number of hydrogen-bond donors (Lipinski definition) is 0. The van der Waals surface area contributed by atoms with Crippen molar-refractivity contribution >= 4 is 5.78 Å². The predicted molar refractivity (Wildman–Crippen MR) is 95.7 cm³/mol. The first-order chi connectivity index (χ1) is 12.3. The van der Waals surface area contributed by atoms with Crippen molar-refractivity contribution in [2.75, 3.05) is 0 Å². The third-order valence-corrected chi connectivity index (χ3v) is 4.31. The molecule has 0 bridgehead atoms. The maximum absolute atomic E-state index is 12.6. The molecule has 0 amide bonds. The molecule has 1 aliphatic heterocycles. The van der Waals surface area contributed by atoms with E-state index in [1.807, 2.05) is 78.9 Å². The third kappa shape index (κ3) is 3.26. The van der Waals surface area contributed by atoms with Crippen molar-refractivity contribution in [3.05, 3.63) is 95.6 Å². The third-order valence-electron chi connectivity index (χ3n) is 4.31. The van der Waals surface area contributed by atoms with E-state index in [4.69, 9.17) is 9.47 Å². The summed E-state index contributed by atoms with van der Waals surface area (Å²) in [5.74, 6) is 1.50. The highest BCUT2D eigenvalue weighted by Gasteiger charge is 2.31. The predicted octanol–water partition coefficient (Wildman–Crippen LogP) is 4.51. The molecule has 3 heteroatoms. The van der Waals surface area contributed by atoms with Crippen LogP contribution in [0.1, 0.15) is 22.8 Å². The fraction of sp³-hybridized carbons (Fsp3) is 0.136. The van der Waals surface area contributed by atoms with Gasteiger partial charge in [0.2, 0.25) is 0 Å². The van der Waals surface area contributed by atoms with Gasteiger partial charge in [-0.05, 0) is 17.7 Å². The Morgan fingerprint density at radius 2 is 1.60 bits per heavy atom. The highest BCUT2D eigenvalue weighted by atomic mass is 16.5. The first-order valence-corrected chi connectivity index (χ1v) is 8.34. The van der Waals surface area contributed by atoms with Crippen LogP contribution in [-0.4, -0.2) is 5.78 Å². The lowest BCUT2D eigenvalue weighted by Gasteiger charge is -2.26. The summed E-state index contributed by atoms with van der Waals surface area (Å²) in [6.07, 6.45) is -0.240. The van der Waals surface area contributed by atoms with Crippen molar-refractivity contribution in [1.82, 2.24) is 0 Å². The summed E-state index contributed by atoms with van der Waals surface area (Å²) >= 11 is 0. The van der Waals surface area contributed by atoms with Gasteiger partial charge in [0.1, 0.15) is 18.1 Å². The number of hydrogen-bond acceptors (Lipinski definition) is 3. The molecule has 0 aliphatic carbocycles. The van der Waals surface area contributed by atoms with Crippen LogP contribution in [-0.2, 0) is 17.8 Å². The van der Waals surface area contributed by atoms with Crippen LogP contribution in [0.3, 0.4) is 0 Å². The van der Waals surface area contributed by atoms with Crippen LogP contribution in [0.4, 0.5) is 0 Å². The summed E-state index contributed by atoms with van der Waals surface area (Å²) in [6.45, 7) is 0.454. The second-order valence-corrected chi connectivity index (χ2v) is 6.06. The lowest BCUT2D eigenvalue weighted by Crippen LogP contribution is -2.26. The van der Waals surface area contributed by atoms with Crippen molar-refractivity contribution in [2.24, 2.45) is 0 Å². The molecule has 0 fully saturated rings. The van der Waals surface area contributed by atoms with E-state index in [9.17, 15) is 4.79 Å². The Labute approximate surface area is 146 Å². The molecule has 0 saturated carbocycles. The van der Waals surface area contributed by atoms with Gasteiger partial charge in [0, 0.05) is 17.5 Å². The summed E-state index contributed by atoms with van der Waals surface area (Å²) in [7, 11) is 0. The van der Waals surface area contributed by atoms with Gasteiger partial charge in [-0.3, -0.25) is 4.79 Å². The van der Waals surface area contributed by atoms with E-state index in [2.05, 4.69) is 0 Å². The molecule has 0 N–H and O–H groups in total. The Kier molecular flexibility index (Phi) is 4.21. The van der Waals surface area contributed by atoms with Gasteiger partial charge in [0.15, 0.2) is 11.9 Å². The maximum Gasteiger partial charge on any atom is 0.186 e. The van der Waals surface area contributed by atoms with Gasteiger partial charge in [-0.1, -0.05) is 66.7 Å². The van der Waals surface area contributed by atoms with Crippen LogP contribution in [0, 0.1) is 0 Å². The topological polar surface area (TPSA) is 35.5 Å². The number of ketones is 1. The van der Waals surface area contributed by atoms with Crippen molar-refractivity contribution in [2.45, 2.75) is 19.1 Å². The van der Waals surface area contributed by atoms with Gasteiger partial charge >= 0.3 is 0 Å². The number of carbonyl (C=O) groups is 1. The SMILES string of the molecule is O=C1Cc2ccccc2OC1c1ccccc1OCc1ccccc1. The minimum Gasteiger partial charge on any atom is -0.488 e. The monoisotopic (exact) mass is 330 g/mol. The molecule has 3 nitrogen and oxygen atoms in total. The number of benzene rings is 3. The van der Waals surface area contributed by atoms with Gasteiger partial charge in [-0.25, -0.2) is 0 Å². The van der Waals surface area contributed by atoms with E-state index in [0.717, 1.165) is 22.4 Å². The Balaban J connectivity index is 1.59. The Bertz CT molecular complexity index is 887. The molecule has 1 aliphatic rings. The molecule has 25 heavy (non-hydrogen) atoms. The van der Waals surface area contributed by atoms with E-state index in [1.54, 1.807) is 0 Å². The second-order valence-electron chi connectivity index (χ2n) is 6.06. The highest BCUT2D eigenvalue weighted by molar-refractivity contribution is 5.89. The molecule has 0 saturated heterocycles. The van der Waals surface area contributed by atoms with E-state index in [-0.39, 0.29) is 5.78 Å². The summed E-state index contributed by atoms with van der Waals surface area (Å²) < 4.78 is 12.0. The van der Waals surface area contributed by atoms with Gasteiger partial charge in [0.05, 0.1) is 0 Å². The molecular formula is C22H18O3. The molecule has 3 aromatic rings. The van der Waals surface area contributed by atoms with Crippen LogP contribution in [0.5, 0.6) is 11.5 Å². The Morgan fingerprint density at radius 1 is 0.880 bits per heavy atom. The molecule has 1 atom stereocenters. The van der Waals surface area contributed by atoms with Crippen LogP contribution in [0.25, 0.3) is 0 Å². The van der Waals surface area contributed by atoms with Gasteiger partial charge < -0.3 is 9.47 Å². The van der Waals surface area contributed by atoms with E-state index in [1.165, 1.54) is 0 Å². The van der Waals surface area contributed by atoms with Crippen LogP contribution < -0.4 is 9.47 Å². The lowest BCUT2D eigenvalue weighted by molar-refractivity contribution is -0.126. The molecule has 0 spiro atoms. The standard InChI is InChI=1S/C22H18O3/c23-19-14-17-10-4-6-12-20(17)25-22(19)18-11-5-7-13-21(18)24-15-16-8-2-1-3-9-16/h1-13,22H,14-15H2. The Morgan fingerprint density at radius 3 is 2.48 bits per heavy atom. The molecule has 0 aromatic heterocycles. The van der Waals surface area contributed by atoms with Gasteiger partial charge in [-0.15, -0.1) is 0 Å². The molecule has 124 valence electrons. The highest BCUT2D eigenvalue weighted by Crippen LogP contribution is 2.36. The number of fused-ring (bicyclic) bond motifs is 1. The van der Waals surface area contributed by atoms with E-state index >= 15 is 0 Å². The molecular weight excluding hydrogens is 312 g/mol. The van der Waals surface area contributed by atoms with Gasteiger partial charge in [0.25, 0.3) is 0 Å². The quantitative estimate of drug-likeness (QED) is 0.706. The number of para-hydroxylation sites is 2. The zero-order valence-corrected chi connectivity index (χ0v) is 13.7. The zero-order chi connectivity index (χ0) is 17.1. The number of Topliss-reactive ketones (excluding diaryl/α,β-unsaturated/α-hetero) is 1. The smallest absolute Gasteiger partial charge is 0.186 e. The van der Waals surface area contributed by atoms with Crippen LogP contribution >= 0.6 is 0 Å². The summed E-state index contributed by atoms with van der Waals surface area (Å²) in [4.78, 5) is 12.6. The van der Waals surface area contributed by atoms with E-state index in [0.29, 0.717) is 18.8 Å². The van der Waals surface area contributed by atoms with Crippen molar-refractivity contribution in [1.29, 1.82) is 0 Å². The Hall–Kier alpha value is -3.07. The van der Waals surface area contributed by atoms with E-state index < -0.39 is 6.10 Å². The minimum absolute atomic E-state index is 0.0504. The molecule has 4 rings (SSSR count). The molecule has 3 aromatic carbocycles. The first kappa shape index (κ1) is 15.5. The summed E-state index contributed by atoms with van der Waals surface area (Å²) in [5, 5.41) is 0. The minimum atomic E-state index is -0.623. The van der Waals surface area contributed by atoms with Crippen LogP contribution in [0.15, 0.2) is 78.9 Å². The fourth-order valence-corrected chi connectivity index (χ4v) is 3.04. The average Bonchev–Trinajstić information content (AvgIpc) is 2.67. The number of carbonyl (C=O) groups excluding carboxylic acids is 1. The van der Waals surface area contributed by atoms with Crippen LogP contribution in [0.2, 0.25) is 0 Å². The van der Waals surface area contributed by atoms with Crippen molar-refractivity contribution in [3.8, 4) is 11.5 Å². The largest absolute Gasteiger partial charge is 0.488 e.